The molecule has 4 amide bonds. The average Bonchev–Trinajstić information content (AvgIpc) is 3.84. The summed E-state index contributed by atoms with van der Waals surface area (Å²) in [7, 11) is 0. The smallest absolute Gasteiger partial charge is 0.262 e. The summed E-state index contributed by atoms with van der Waals surface area (Å²) < 4.78 is 13.7. The first-order valence-corrected chi connectivity index (χ1v) is 16.2. The van der Waals surface area contributed by atoms with Gasteiger partial charge in [0, 0.05) is 22.4 Å². The molecule has 0 aromatic heterocycles. The molecule has 2 fully saturated rings. The lowest BCUT2D eigenvalue weighted by Crippen LogP contribution is -2.33. The highest BCUT2D eigenvalue weighted by molar-refractivity contribution is 9.15. The SMILES string of the molecule is CCCCc1cc2c(cc1Br)C(=O)N(CC1CO1)C2=O.O=C1c2c(Br)c(Br)c(Br)c(Br)c2C(=O)N1CC1CO1. The molecule has 39 heavy (non-hydrogen) atoms. The third-order valence-electron chi connectivity index (χ3n) is 6.70. The number of halogens is 5. The summed E-state index contributed by atoms with van der Waals surface area (Å²) in [6.45, 7) is 4.05. The summed E-state index contributed by atoms with van der Waals surface area (Å²) >= 11 is 17.0. The molecule has 2 aromatic rings. The van der Waals surface area contributed by atoms with Gasteiger partial charge in [0.15, 0.2) is 0 Å². The fourth-order valence-corrected chi connectivity index (χ4v) is 7.39. The molecule has 8 nitrogen and oxygen atoms in total. The first-order valence-electron chi connectivity index (χ1n) is 12.2. The molecular formula is C26H21Br5N2O6. The highest BCUT2D eigenvalue weighted by Gasteiger charge is 2.43. The second kappa shape index (κ2) is 11.7. The lowest BCUT2D eigenvalue weighted by Gasteiger charge is -2.11. The topological polar surface area (TPSA) is 99.8 Å². The Bertz CT molecular complexity index is 1380. The maximum atomic E-state index is 12.4. The Balaban J connectivity index is 0.000000158. The second-order valence-corrected chi connectivity index (χ2v) is 13.5. The van der Waals surface area contributed by atoms with Gasteiger partial charge < -0.3 is 9.47 Å². The number of epoxide rings is 2. The quantitative estimate of drug-likeness (QED) is 0.136. The minimum absolute atomic E-state index is 0.0216. The number of hydrogen-bond acceptors (Lipinski definition) is 6. The van der Waals surface area contributed by atoms with Crippen molar-refractivity contribution in [3.63, 3.8) is 0 Å². The molecule has 6 rings (SSSR count). The van der Waals surface area contributed by atoms with E-state index in [0.29, 0.717) is 66.4 Å². The van der Waals surface area contributed by atoms with Crippen LogP contribution >= 0.6 is 79.6 Å². The summed E-state index contributed by atoms with van der Waals surface area (Å²) in [5.74, 6) is -0.985. The Kier molecular flexibility index (Phi) is 8.88. The van der Waals surface area contributed by atoms with Crippen molar-refractivity contribution in [1.82, 2.24) is 9.80 Å². The number of rotatable bonds is 7. The van der Waals surface area contributed by atoms with Crippen LogP contribution in [0.2, 0.25) is 0 Å². The van der Waals surface area contributed by atoms with E-state index in [-0.39, 0.29) is 35.8 Å². The molecule has 4 heterocycles. The van der Waals surface area contributed by atoms with Crippen LogP contribution in [-0.4, -0.2) is 71.9 Å². The molecule has 2 saturated heterocycles. The molecule has 0 radical (unpaired) electrons. The maximum absolute atomic E-state index is 12.4. The molecule has 2 atom stereocenters. The van der Waals surface area contributed by atoms with Crippen LogP contribution in [0.1, 0.15) is 66.8 Å². The van der Waals surface area contributed by atoms with Crippen molar-refractivity contribution in [2.24, 2.45) is 0 Å². The second-order valence-electron chi connectivity index (χ2n) is 9.45. The molecule has 0 saturated carbocycles. The van der Waals surface area contributed by atoms with E-state index in [2.05, 4.69) is 86.6 Å². The Morgan fingerprint density at radius 2 is 1.15 bits per heavy atom. The van der Waals surface area contributed by atoms with Gasteiger partial charge in [-0.15, -0.1) is 0 Å². The number of imide groups is 2. The van der Waals surface area contributed by atoms with E-state index in [4.69, 9.17) is 9.47 Å². The predicted molar refractivity (Wildman–Crippen MR) is 160 cm³/mol. The molecule has 0 spiro atoms. The number of aryl methyl sites for hydroxylation is 1. The van der Waals surface area contributed by atoms with Crippen LogP contribution in [0.4, 0.5) is 0 Å². The van der Waals surface area contributed by atoms with Crippen LogP contribution in [0.3, 0.4) is 0 Å². The zero-order chi connectivity index (χ0) is 28.2. The predicted octanol–water partition coefficient (Wildman–Crippen LogP) is 6.52. The van der Waals surface area contributed by atoms with E-state index in [1.54, 1.807) is 6.07 Å². The van der Waals surface area contributed by atoms with Gasteiger partial charge in [0.1, 0.15) is 0 Å². The van der Waals surface area contributed by atoms with E-state index < -0.39 is 0 Å². The number of nitrogens with zero attached hydrogens (tertiary/aromatic N) is 2. The fourth-order valence-electron chi connectivity index (χ4n) is 4.40. The van der Waals surface area contributed by atoms with Crippen molar-refractivity contribution in [1.29, 1.82) is 0 Å². The standard InChI is InChI=1S/C15H16BrNO3.C11H5Br4NO3/c1-2-3-4-9-5-11-12(6-13(9)16)15(19)17(14(11)18)7-10-8-20-10;12-6-4-5(7(13)9(15)8(6)14)11(18)16(10(4)17)1-3-2-19-3/h5-6,10H,2-4,7-8H2,1H3;3H,1-2H2. The van der Waals surface area contributed by atoms with E-state index in [9.17, 15) is 19.2 Å². The zero-order valence-corrected chi connectivity index (χ0v) is 28.4. The molecule has 2 aromatic carbocycles. The fraction of sp³-hybridized carbons (Fsp3) is 0.385. The number of carbonyl (C=O) groups excluding carboxylic acids is 4. The van der Waals surface area contributed by atoms with Crippen LogP contribution in [-0.2, 0) is 15.9 Å². The van der Waals surface area contributed by atoms with Gasteiger partial charge in [-0.2, -0.15) is 0 Å². The van der Waals surface area contributed by atoms with Gasteiger partial charge in [0.25, 0.3) is 23.6 Å². The van der Waals surface area contributed by atoms with Crippen LogP contribution in [0.5, 0.6) is 0 Å². The molecule has 2 unspecified atom stereocenters. The lowest BCUT2D eigenvalue weighted by molar-refractivity contribution is 0.0627. The summed E-state index contributed by atoms with van der Waals surface area (Å²) in [5.41, 5.74) is 2.89. The van der Waals surface area contributed by atoms with Crippen molar-refractivity contribution in [3.05, 3.63) is 62.3 Å². The molecular weight excluding hydrogens is 836 g/mol. The highest BCUT2D eigenvalue weighted by Crippen LogP contribution is 2.45. The number of unbranched alkanes of at least 4 members (excludes halogenated alkanes) is 1. The number of hydrogen-bond donors (Lipinski definition) is 0. The zero-order valence-electron chi connectivity index (χ0n) is 20.5. The molecule has 206 valence electrons. The van der Waals surface area contributed by atoms with Gasteiger partial charge in [-0.05, 0) is 94.3 Å². The normalized spacial score (nSPS) is 20.8. The van der Waals surface area contributed by atoms with E-state index in [1.807, 2.05) is 6.07 Å². The monoisotopic (exact) mass is 852 g/mol. The van der Waals surface area contributed by atoms with Gasteiger partial charge in [-0.25, -0.2) is 0 Å². The average molecular weight is 857 g/mol. The molecule has 0 bridgehead atoms. The molecule has 13 heteroatoms. The van der Waals surface area contributed by atoms with Crippen LogP contribution in [0, 0.1) is 0 Å². The minimum atomic E-state index is -0.295. The van der Waals surface area contributed by atoms with Crippen molar-refractivity contribution in [2.45, 2.75) is 38.4 Å². The number of fused-ring (bicyclic) bond motifs is 2. The van der Waals surface area contributed by atoms with E-state index in [1.165, 1.54) is 9.80 Å². The van der Waals surface area contributed by atoms with Gasteiger partial charge in [0.2, 0.25) is 0 Å². The van der Waals surface area contributed by atoms with Gasteiger partial charge in [-0.1, -0.05) is 29.3 Å². The Morgan fingerprint density at radius 3 is 1.59 bits per heavy atom. The third kappa shape index (κ3) is 5.74. The van der Waals surface area contributed by atoms with Crippen LogP contribution in [0.25, 0.3) is 0 Å². The molecule has 4 aliphatic heterocycles. The van der Waals surface area contributed by atoms with Gasteiger partial charge >= 0.3 is 0 Å². The van der Waals surface area contributed by atoms with Gasteiger partial charge in [0.05, 0.1) is 60.8 Å². The van der Waals surface area contributed by atoms with Crippen LogP contribution < -0.4 is 0 Å². The van der Waals surface area contributed by atoms with Gasteiger partial charge in [-0.3, -0.25) is 29.0 Å². The number of ether oxygens (including phenoxy) is 2. The third-order valence-corrected chi connectivity index (χ3v) is 12.2. The lowest BCUT2D eigenvalue weighted by atomic mass is 10.0. The van der Waals surface area contributed by atoms with Crippen LogP contribution in [0.15, 0.2) is 34.5 Å². The first-order chi connectivity index (χ1) is 18.5. The van der Waals surface area contributed by atoms with E-state index >= 15 is 0 Å². The summed E-state index contributed by atoms with van der Waals surface area (Å²) in [5, 5.41) is 0. The number of benzene rings is 2. The summed E-state index contributed by atoms with van der Waals surface area (Å²) in [6.07, 6.45) is 3.09. The highest BCUT2D eigenvalue weighted by atomic mass is 79.9. The van der Waals surface area contributed by atoms with Crippen molar-refractivity contribution in [2.75, 3.05) is 26.3 Å². The molecule has 0 N–H and O–H groups in total. The minimum Gasteiger partial charge on any atom is -0.371 e. The largest absolute Gasteiger partial charge is 0.371 e. The Labute approximate surface area is 266 Å². The first kappa shape index (κ1) is 29.5. The number of amides is 4. The summed E-state index contributed by atoms with van der Waals surface area (Å²) in [4.78, 5) is 51.9. The Morgan fingerprint density at radius 1 is 0.718 bits per heavy atom. The Hall–Kier alpha value is -0.960. The maximum Gasteiger partial charge on any atom is 0.262 e. The van der Waals surface area contributed by atoms with Crippen molar-refractivity contribution < 1.29 is 28.7 Å². The number of carbonyl (C=O) groups is 4. The van der Waals surface area contributed by atoms with Crippen molar-refractivity contribution in [3.8, 4) is 0 Å². The summed E-state index contributed by atoms with van der Waals surface area (Å²) in [6, 6.07) is 3.65. The molecule has 0 aliphatic carbocycles. The van der Waals surface area contributed by atoms with Crippen molar-refractivity contribution >= 4 is 103 Å². The molecule has 4 aliphatic rings. The van der Waals surface area contributed by atoms with E-state index in [0.717, 1.165) is 29.3 Å².